The van der Waals surface area contributed by atoms with Crippen LogP contribution in [0.4, 0.5) is 4.39 Å². The second-order valence-electron chi connectivity index (χ2n) is 8.03. The third-order valence-corrected chi connectivity index (χ3v) is 6.16. The van der Waals surface area contributed by atoms with Crippen LogP contribution in [0.5, 0.6) is 0 Å². The Bertz CT molecular complexity index is 747. The number of methoxy groups -OCH3 is 1. The fourth-order valence-electron chi connectivity index (χ4n) is 4.24. The quantitative estimate of drug-likeness (QED) is 0.761. The van der Waals surface area contributed by atoms with Crippen molar-refractivity contribution >= 4 is 11.8 Å². The van der Waals surface area contributed by atoms with Crippen LogP contribution in [-0.4, -0.2) is 70.5 Å². The second kappa shape index (κ2) is 6.85. The monoisotopic (exact) mass is 379 g/mol. The number of aromatic nitrogens is 3. The van der Waals surface area contributed by atoms with Gasteiger partial charge in [-0.3, -0.25) is 9.59 Å². The summed E-state index contributed by atoms with van der Waals surface area (Å²) < 4.78 is 21.0. The van der Waals surface area contributed by atoms with Gasteiger partial charge in [-0.05, 0) is 37.5 Å². The van der Waals surface area contributed by atoms with E-state index in [0.717, 1.165) is 25.1 Å². The van der Waals surface area contributed by atoms with Crippen molar-refractivity contribution in [3.8, 4) is 0 Å². The van der Waals surface area contributed by atoms with Gasteiger partial charge >= 0.3 is 0 Å². The fraction of sp³-hybridized carbons (Fsp3) is 0.778. The number of aryl methyl sites for hydroxylation is 1. The molecule has 148 valence electrons. The SMILES string of the molecule is COCCNC(=O)c1nnc2n1CCC1(CC2)CCN(C(=O)C2(F)CC2)C1. The van der Waals surface area contributed by atoms with E-state index in [1.54, 1.807) is 12.0 Å². The van der Waals surface area contributed by atoms with Gasteiger partial charge in [0.1, 0.15) is 5.82 Å². The Labute approximate surface area is 157 Å². The Kier molecular flexibility index (Phi) is 4.65. The Hall–Kier alpha value is -2.03. The van der Waals surface area contributed by atoms with Crippen molar-refractivity contribution in [2.24, 2.45) is 5.41 Å². The van der Waals surface area contributed by atoms with Gasteiger partial charge in [0.2, 0.25) is 5.82 Å². The topological polar surface area (TPSA) is 89.3 Å². The Morgan fingerprint density at radius 1 is 1.19 bits per heavy atom. The van der Waals surface area contributed by atoms with Crippen LogP contribution in [0.15, 0.2) is 0 Å². The molecular weight excluding hydrogens is 353 g/mol. The molecule has 9 heteroatoms. The molecule has 1 aromatic heterocycles. The number of hydrogen-bond acceptors (Lipinski definition) is 5. The average molecular weight is 379 g/mol. The fourth-order valence-corrected chi connectivity index (χ4v) is 4.24. The lowest BCUT2D eigenvalue weighted by atomic mass is 9.80. The minimum atomic E-state index is -1.60. The van der Waals surface area contributed by atoms with Crippen molar-refractivity contribution in [2.45, 2.75) is 50.7 Å². The van der Waals surface area contributed by atoms with E-state index in [9.17, 15) is 14.0 Å². The predicted octanol–water partition coefficient (Wildman–Crippen LogP) is 0.711. The van der Waals surface area contributed by atoms with Gasteiger partial charge in [0.05, 0.1) is 6.61 Å². The molecule has 1 saturated heterocycles. The van der Waals surface area contributed by atoms with E-state index in [1.807, 2.05) is 4.57 Å². The normalized spacial score (nSPS) is 25.9. The smallest absolute Gasteiger partial charge is 0.289 e. The van der Waals surface area contributed by atoms with E-state index in [0.29, 0.717) is 57.9 Å². The molecule has 3 aliphatic rings. The summed E-state index contributed by atoms with van der Waals surface area (Å²) in [5.74, 6) is 0.543. The molecule has 1 atom stereocenters. The van der Waals surface area contributed by atoms with Crippen LogP contribution in [0, 0.1) is 5.41 Å². The summed E-state index contributed by atoms with van der Waals surface area (Å²) in [4.78, 5) is 26.4. The molecule has 0 radical (unpaired) electrons. The molecule has 3 heterocycles. The summed E-state index contributed by atoms with van der Waals surface area (Å²) in [6.07, 6.45) is 4.01. The maximum atomic E-state index is 14.1. The number of fused-ring (bicyclic) bond motifs is 1. The maximum Gasteiger partial charge on any atom is 0.289 e. The molecule has 8 nitrogen and oxygen atoms in total. The Morgan fingerprint density at radius 3 is 2.70 bits per heavy atom. The van der Waals surface area contributed by atoms with Gasteiger partial charge in [-0.2, -0.15) is 0 Å². The van der Waals surface area contributed by atoms with Crippen LogP contribution >= 0.6 is 0 Å². The number of carbonyl (C=O) groups excluding carboxylic acids is 2. The largest absolute Gasteiger partial charge is 0.383 e. The molecule has 1 aliphatic carbocycles. The number of ether oxygens (including phenoxy) is 1. The third-order valence-electron chi connectivity index (χ3n) is 6.16. The van der Waals surface area contributed by atoms with Crippen molar-refractivity contribution in [3.05, 3.63) is 11.6 Å². The van der Waals surface area contributed by atoms with Crippen molar-refractivity contribution in [3.63, 3.8) is 0 Å². The lowest BCUT2D eigenvalue weighted by Crippen LogP contribution is -2.38. The molecule has 2 aliphatic heterocycles. The number of halogens is 1. The standard InChI is InChI=1S/C18H26FN5O3/c1-27-11-8-20-15(25)14-22-21-13-2-3-17(7-10-24(13)14)6-9-23(12-17)16(26)18(19)4-5-18/h2-12H2,1H3,(H,20,25). The Balaban J connectivity index is 1.42. The predicted molar refractivity (Wildman–Crippen MR) is 93.9 cm³/mol. The third kappa shape index (κ3) is 3.44. The van der Waals surface area contributed by atoms with Crippen LogP contribution in [-0.2, 0) is 22.5 Å². The number of nitrogens with zero attached hydrogens (tertiary/aromatic N) is 4. The summed E-state index contributed by atoms with van der Waals surface area (Å²) >= 11 is 0. The molecule has 1 spiro atoms. The van der Waals surface area contributed by atoms with E-state index < -0.39 is 5.67 Å². The van der Waals surface area contributed by atoms with Gasteiger partial charge in [0.15, 0.2) is 5.67 Å². The van der Waals surface area contributed by atoms with Crippen molar-refractivity contribution in [1.29, 1.82) is 0 Å². The number of amides is 2. The molecule has 4 rings (SSSR count). The highest BCUT2D eigenvalue weighted by molar-refractivity contribution is 5.90. The molecule has 27 heavy (non-hydrogen) atoms. The number of likely N-dealkylation sites (tertiary alicyclic amines) is 1. The molecular formula is C18H26FN5O3. The molecule has 0 bridgehead atoms. The van der Waals surface area contributed by atoms with E-state index >= 15 is 0 Å². The summed E-state index contributed by atoms with van der Waals surface area (Å²) in [5.41, 5.74) is -1.62. The lowest BCUT2D eigenvalue weighted by molar-refractivity contribution is -0.137. The van der Waals surface area contributed by atoms with Crippen LogP contribution < -0.4 is 5.32 Å². The minimum Gasteiger partial charge on any atom is -0.383 e. The van der Waals surface area contributed by atoms with Gasteiger partial charge in [0, 0.05) is 39.7 Å². The van der Waals surface area contributed by atoms with Crippen molar-refractivity contribution in [1.82, 2.24) is 25.0 Å². The highest BCUT2D eigenvalue weighted by Crippen LogP contribution is 2.46. The van der Waals surface area contributed by atoms with E-state index in [4.69, 9.17) is 4.74 Å². The number of rotatable bonds is 5. The highest BCUT2D eigenvalue weighted by atomic mass is 19.1. The van der Waals surface area contributed by atoms with Gasteiger partial charge in [-0.15, -0.1) is 10.2 Å². The molecule has 1 unspecified atom stereocenters. The second-order valence-corrected chi connectivity index (χ2v) is 8.03. The number of alkyl halides is 1. The maximum absolute atomic E-state index is 14.1. The molecule has 1 N–H and O–H groups in total. The van der Waals surface area contributed by atoms with Crippen LogP contribution in [0.25, 0.3) is 0 Å². The summed E-state index contributed by atoms with van der Waals surface area (Å²) in [6, 6.07) is 0. The lowest BCUT2D eigenvalue weighted by Gasteiger charge is -2.28. The molecule has 1 saturated carbocycles. The average Bonchev–Trinajstić information content (AvgIpc) is 3.14. The van der Waals surface area contributed by atoms with Gasteiger partial charge < -0.3 is 19.5 Å². The van der Waals surface area contributed by atoms with Crippen molar-refractivity contribution in [2.75, 3.05) is 33.4 Å². The molecule has 0 aromatic carbocycles. The number of nitrogens with one attached hydrogen (secondary N) is 1. The van der Waals surface area contributed by atoms with Gasteiger partial charge in [0.25, 0.3) is 11.8 Å². The molecule has 2 fully saturated rings. The zero-order valence-electron chi connectivity index (χ0n) is 15.7. The van der Waals surface area contributed by atoms with Crippen LogP contribution in [0.3, 0.4) is 0 Å². The van der Waals surface area contributed by atoms with Crippen molar-refractivity contribution < 1.29 is 18.7 Å². The first-order valence-electron chi connectivity index (χ1n) is 9.64. The first kappa shape index (κ1) is 18.3. The number of hydrogen-bond donors (Lipinski definition) is 1. The zero-order chi connectivity index (χ0) is 19.1. The first-order valence-corrected chi connectivity index (χ1v) is 9.64. The minimum absolute atomic E-state index is 0.0224. The number of carbonyl (C=O) groups is 2. The van der Waals surface area contributed by atoms with E-state index in [-0.39, 0.29) is 17.2 Å². The molecule has 2 amide bonds. The van der Waals surface area contributed by atoms with Gasteiger partial charge in [-0.1, -0.05) is 0 Å². The highest BCUT2D eigenvalue weighted by Gasteiger charge is 2.55. The summed E-state index contributed by atoms with van der Waals surface area (Å²) in [5, 5.41) is 11.0. The summed E-state index contributed by atoms with van der Waals surface area (Å²) in [6.45, 7) is 2.72. The van der Waals surface area contributed by atoms with Crippen LogP contribution in [0.2, 0.25) is 0 Å². The van der Waals surface area contributed by atoms with E-state index in [2.05, 4.69) is 15.5 Å². The summed E-state index contributed by atoms with van der Waals surface area (Å²) in [7, 11) is 1.58. The van der Waals surface area contributed by atoms with Crippen LogP contribution in [0.1, 0.15) is 48.5 Å². The van der Waals surface area contributed by atoms with E-state index in [1.165, 1.54) is 0 Å². The first-order chi connectivity index (χ1) is 13.0. The Morgan fingerprint density at radius 2 is 1.96 bits per heavy atom. The molecule has 1 aromatic rings. The zero-order valence-corrected chi connectivity index (χ0v) is 15.7. The van der Waals surface area contributed by atoms with Gasteiger partial charge in [-0.25, -0.2) is 4.39 Å².